The predicted octanol–water partition coefficient (Wildman–Crippen LogP) is 1.74. The number of H-pyrrole nitrogens is 1. The van der Waals surface area contributed by atoms with Gasteiger partial charge >= 0.3 is 0 Å². The zero-order chi connectivity index (χ0) is 24.6. The third-order valence-electron chi connectivity index (χ3n) is 5.23. The zero-order valence-electron chi connectivity index (χ0n) is 20.5. The number of hydrogen-bond acceptors (Lipinski definition) is 8. The highest BCUT2D eigenvalue weighted by molar-refractivity contribution is 5.75. The fourth-order valence-corrected chi connectivity index (χ4v) is 3.97. The maximum atomic E-state index is 12.3. The fraction of sp³-hybridized carbons (Fsp3) is 0.727. The van der Waals surface area contributed by atoms with Crippen molar-refractivity contribution in [3.63, 3.8) is 0 Å². The smallest absolute Gasteiger partial charge is 0.280 e. The average molecular weight is 465 g/mol. The molecule has 4 N–H and O–H groups in total. The van der Waals surface area contributed by atoms with Crippen LogP contribution in [0, 0.1) is 5.41 Å². The molecule has 184 valence electrons. The molecule has 1 aliphatic rings. The van der Waals surface area contributed by atoms with Crippen LogP contribution in [0.25, 0.3) is 11.2 Å². The number of nitrogens with two attached hydrogens (primary N) is 1. The number of fused-ring (bicyclic) bond motifs is 1. The number of nitrogen functional groups attached to an aromatic ring is 1. The van der Waals surface area contributed by atoms with Crippen LogP contribution in [-0.2, 0) is 19.0 Å². The first kappa shape index (κ1) is 25.1. The number of amides is 1. The lowest BCUT2D eigenvalue weighted by atomic mass is 9.87. The highest BCUT2D eigenvalue weighted by Gasteiger charge is 2.50. The Morgan fingerprint density at radius 1 is 1.27 bits per heavy atom. The zero-order valence-corrected chi connectivity index (χ0v) is 20.5. The second-order valence-electron chi connectivity index (χ2n) is 10.6. The van der Waals surface area contributed by atoms with Crippen LogP contribution in [0.1, 0.15) is 60.6 Å². The number of nitrogens with one attached hydrogen (secondary N) is 2. The summed E-state index contributed by atoms with van der Waals surface area (Å²) in [5, 5.41) is 2.60. The van der Waals surface area contributed by atoms with Gasteiger partial charge in [0, 0.05) is 13.5 Å². The number of anilines is 1. The van der Waals surface area contributed by atoms with Crippen LogP contribution in [0.5, 0.6) is 0 Å². The molecule has 0 radical (unpaired) electrons. The molecule has 33 heavy (non-hydrogen) atoms. The number of carbonyl (C=O) groups is 1. The minimum Gasteiger partial charge on any atom is -0.370 e. The number of ether oxygens (including phenoxy) is 3. The number of rotatable bonds is 7. The summed E-state index contributed by atoms with van der Waals surface area (Å²) < 4.78 is 20.8. The summed E-state index contributed by atoms with van der Waals surface area (Å²) in [5.41, 5.74) is 5.31. The average Bonchev–Trinajstić information content (AvgIpc) is 3.21. The highest BCUT2D eigenvalue weighted by atomic mass is 16.6. The van der Waals surface area contributed by atoms with Gasteiger partial charge in [-0.25, -0.2) is 4.98 Å². The number of hydrogen-bond donors (Lipinski definition) is 3. The van der Waals surface area contributed by atoms with Gasteiger partial charge < -0.3 is 25.3 Å². The van der Waals surface area contributed by atoms with Crippen molar-refractivity contribution < 1.29 is 19.0 Å². The van der Waals surface area contributed by atoms with Crippen molar-refractivity contribution in [2.45, 2.75) is 84.5 Å². The molecule has 0 saturated carbocycles. The molecule has 0 aliphatic carbocycles. The first-order valence-corrected chi connectivity index (χ1v) is 11.2. The summed E-state index contributed by atoms with van der Waals surface area (Å²) in [6, 6.07) is 0. The largest absolute Gasteiger partial charge is 0.370 e. The van der Waals surface area contributed by atoms with Crippen LogP contribution >= 0.6 is 0 Å². The van der Waals surface area contributed by atoms with E-state index in [0.717, 1.165) is 0 Å². The summed E-state index contributed by atoms with van der Waals surface area (Å²) >= 11 is 0. The van der Waals surface area contributed by atoms with Crippen molar-refractivity contribution in [3.8, 4) is 0 Å². The molecular weight excluding hydrogens is 428 g/mol. The first-order valence-electron chi connectivity index (χ1n) is 11.2. The molecule has 4 atom stereocenters. The number of imidazole rings is 1. The Morgan fingerprint density at radius 2 is 1.97 bits per heavy atom. The lowest BCUT2D eigenvalue weighted by molar-refractivity contribution is -0.135. The van der Waals surface area contributed by atoms with Gasteiger partial charge in [0.1, 0.15) is 12.2 Å². The van der Waals surface area contributed by atoms with E-state index < -0.39 is 29.6 Å². The van der Waals surface area contributed by atoms with Crippen LogP contribution in [0.2, 0.25) is 0 Å². The maximum Gasteiger partial charge on any atom is 0.280 e. The van der Waals surface area contributed by atoms with E-state index in [-0.39, 0.29) is 41.9 Å². The van der Waals surface area contributed by atoms with Gasteiger partial charge in [-0.2, -0.15) is 4.98 Å². The molecule has 1 saturated heterocycles. The van der Waals surface area contributed by atoms with E-state index in [1.807, 2.05) is 20.8 Å². The molecule has 0 bridgehead atoms. The van der Waals surface area contributed by atoms with Crippen molar-refractivity contribution in [3.05, 3.63) is 16.7 Å². The number of aromatic amines is 1. The predicted molar refractivity (Wildman–Crippen MR) is 124 cm³/mol. The van der Waals surface area contributed by atoms with Gasteiger partial charge in [0.05, 0.1) is 24.6 Å². The van der Waals surface area contributed by atoms with Crippen molar-refractivity contribution >= 4 is 23.0 Å². The highest BCUT2D eigenvalue weighted by Crippen LogP contribution is 2.41. The Morgan fingerprint density at radius 3 is 2.58 bits per heavy atom. The molecule has 1 unspecified atom stereocenters. The Balaban J connectivity index is 2.03. The van der Waals surface area contributed by atoms with E-state index in [1.54, 1.807) is 11.6 Å². The van der Waals surface area contributed by atoms with E-state index in [0.29, 0.717) is 12.1 Å². The molecule has 2 aromatic rings. The van der Waals surface area contributed by atoms with Gasteiger partial charge in [-0.15, -0.1) is 0 Å². The van der Waals surface area contributed by atoms with E-state index in [9.17, 15) is 9.59 Å². The number of nitrogens with zero attached hydrogens (tertiary/aromatic N) is 3. The molecule has 1 aliphatic heterocycles. The van der Waals surface area contributed by atoms with Gasteiger partial charge in [-0.1, -0.05) is 20.8 Å². The monoisotopic (exact) mass is 464 g/mol. The van der Waals surface area contributed by atoms with E-state index in [1.165, 1.54) is 6.33 Å². The van der Waals surface area contributed by atoms with Crippen LogP contribution in [-0.4, -0.2) is 63.0 Å². The Bertz CT molecular complexity index is 1030. The molecule has 3 heterocycles. The molecule has 1 fully saturated rings. The van der Waals surface area contributed by atoms with Gasteiger partial charge in [0.15, 0.2) is 17.4 Å². The molecule has 11 nitrogen and oxygen atoms in total. The van der Waals surface area contributed by atoms with Crippen molar-refractivity contribution in [2.75, 3.05) is 19.4 Å². The Kier molecular flexibility index (Phi) is 7.15. The van der Waals surface area contributed by atoms with E-state index >= 15 is 0 Å². The SMILES string of the molecule is CNC(=O)CCO[C@H]1C(OC(C)(C)C)[C@@H](CC(C)(C)C)O[C@H]1n1cnc2c(=O)[nH]c(N)nc21. The van der Waals surface area contributed by atoms with Crippen LogP contribution < -0.4 is 16.6 Å². The van der Waals surface area contributed by atoms with Crippen molar-refractivity contribution in [1.82, 2.24) is 24.8 Å². The second kappa shape index (κ2) is 9.40. The summed E-state index contributed by atoms with van der Waals surface area (Å²) in [6.07, 6.45) is 0.449. The maximum absolute atomic E-state index is 12.3. The van der Waals surface area contributed by atoms with Crippen molar-refractivity contribution in [2.24, 2.45) is 5.41 Å². The van der Waals surface area contributed by atoms with Gasteiger partial charge in [0.2, 0.25) is 11.9 Å². The van der Waals surface area contributed by atoms with Gasteiger partial charge in [-0.3, -0.25) is 19.1 Å². The Hall–Kier alpha value is -2.50. The molecule has 0 spiro atoms. The lowest BCUT2D eigenvalue weighted by Crippen LogP contribution is -2.43. The summed E-state index contributed by atoms with van der Waals surface area (Å²) in [5.74, 6) is -0.142. The molecule has 2 aromatic heterocycles. The Labute approximate surface area is 193 Å². The number of carbonyl (C=O) groups excluding carboxylic acids is 1. The van der Waals surface area contributed by atoms with Crippen molar-refractivity contribution in [1.29, 1.82) is 0 Å². The summed E-state index contributed by atoms with van der Waals surface area (Å²) in [4.78, 5) is 35.0. The minimum absolute atomic E-state index is 0.0157. The van der Waals surface area contributed by atoms with Crippen LogP contribution in [0.15, 0.2) is 11.1 Å². The van der Waals surface area contributed by atoms with Crippen LogP contribution in [0.4, 0.5) is 5.95 Å². The fourth-order valence-electron chi connectivity index (χ4n) is 3.97. The van der Waals surface area contributed by atoms with Gasteiger partial charge in [-0.05, 0) is 32.6 Å². The molecule has 11 heteroatoms. The third kappa shape index (κ3) is 6.10. The van der Waals surface area contributed by atoms with E-state index in [4.69, 9.17) is 19.9 Å². The minimum atomic E-state index is -0.673. The molecule has 1 amide bonds. The normalized spacial score (nSPS) is 23.8. The second-order valence-corrected chi connectivity index (χ2v) is 10.6. The van der Waals surface area contributed by atoms with E-state index in [2.05, 4.69) is 41.0 Å². The quantitative estimate of drug-likeness (QED) is 0.561. The lowest BCUT2D eigenvalue weighted by Gasteiger charge is -2.33. The standard InChI is InChI=1S/C22H36N6O5/c1-21(2,3)10-12-15(33-22(4,5)6)16(31-9-8-13(29)24-7)19(32-12)28-11-25-14-17(28)26-20(23)27-18(14)30/h11-12,15-16,19H,8-10H2,1-7H3,(H,24,29)(H3,23,26,27,30)/t12-,15?,16+,19-/m1/s1. The molecule has 0 aromatic carbocycles. The van der Waals surface area contributed by atoms with Gasteiger partial charge in [0.25, 0.3) is 5.56 Å². The summed E-state index contributed by atoms with van der Waals surface area (Å²) in [7, 11) is 1.58. The number of aromatic nitrogens is 4. The van der Waals surface area contributed by atoms with Crippen LogP contribution in [0.3, 0.4) is 0 Å². The first-order chi connectivity index (χ1) is 15.3. The molecule has 3 rings (SSSR count). The third-order valence-corrected chi connectivity index (χ3v) is 5.23. The summed E-state index contributed by atoms with van der Waals surface area (Å²) in [6.45, 7) is 12.5. The molecular formula is C22H36N6O5. The topological polar surface area (TPSA) is 146 Å².